The molecule has 0 bridgehead atoms. The number of rotatable bonds is 9. The quantitative estimate of drug-likeness (QED) is 0.226. The predicted molar refractivity (Wildman–Crippen MR) is 146 cm³/mol. The Hall–Kier alpha value is -4.13. The summed E-state index contributed by atoms with van der Waals surface area (Å²) in [5, 5.41) is 5.63. The maximum Gasteiger partial charge on any atom is 0.165 e. The van der Waals surface area contributed by atoms with Crippen LogP contribution in [0.3, 0.4) is 0 Å². The molecule has 0 aliphatic carbocycles. The minimum absolute atomic E-state index is 0.110. The number of nitrogens with two attached hydrogens (primary N) is 1. The number of aromatic nitrogens is 4. The summed E-state index contributed by atoms with van der Waals surface area (Å²) in [6, 6.07) is 16.4. The first kappa shape index (κ1) is 24.6. The first-order valence-electron chi connectivity index (χ1n) is 12.7. The highest BCUT2D eigenvalue weighted by atomic mass is 19.1. The number of fused-ring (bicyclic) bond motifs is 2. The van der Waals surface area contributed by atoms with Gasteiger partial charge in [0.25, 0.3) is 0 Å². The Morgan fingerprint density at radius 3 is 2.59 bits per heavy atom. The molecule has 188 valence electrons. The van der Waals surface area contributed by atoms with E-state index in [2.05, 4.69) is 30.0 Å². The van der Waals surface area contributed by atoms with Crippen molar-refractivity contribution >= 4 is 28.7 Å². The van der Waals surface area contributed by atoms with E-state index < -0.39 is 0 Å². The number of pyridine rings is 1. The molecule has 0 saturated carbocycles. The van der Waals surface area contributed by atoms with Gasteiger partial charge in [0.1, 0.15) is 17.9 Å². The normalized spacial score (nSPS) is 13.2. The van der Waals surface area contributed by atoms with Gasteiger partial charge in [0.05, 0.1) is 17.4 Å². The van der Waals surface area contributed by atoms with Crippen LogP contribution < -0.4 is 5.73 Å². The Morgan fingerprint density at radius 1 is 1.05 bits per heavy atom. The molecule has 5 aromatic rings. The van der Waals surface area contributed by atoms with Crippen molar-refractivity contribution in [2.75, 3.05) is 5.73 Å². The highest BCUT2D eigenvalue weighted by molar-refractivity contribution is 5.88. The van der Waals surface area contributed by atoms with Gasteiger partial charge in [-0.05, 0) is 55.0 Å². The zero-order valence-corrected chi connectivity index (χ0v) is 21.1. The lowest BCUT2D eigenvalue weighted by molar-refractivity contribution is -0.108. The maximum atomic E-state index is 13.8. The van der Waals surface area contributed by atoms with E-state index in [-0.39, 0.29) is 17.7 Å². The van der Waals surface area contributed by atoms with Crippen molar-refractivity contribution < 1.29 is 9.18 Å². The van der Waals surface area contributed by atoms with Crippen LogP contribution >= 0.6 is 0 Å². The fraction of sp³-hybridized carbons (Fsp3) is 0.267. The fourth-order valence-corrected chi connectivity index (χ4v) is 4.96. The average molecular weight is 496 g/mol. The molecular weight excluding hydrogens is 465 g/mol. The Balaban J connectivity index is 1.68. The van der Waals surface area contributed by atoms with Crippen molar-refractivity contribution in [2.24, 2.45) is 5.92 Å². The monoisotopic (exact) mass is 495 g/mol. The van der Waals surface area contributed by atoms with Gasteiger partial charge in [-0.1, -0.05) is 44.2 Å². The number of carbonyl (C=O) groups is 1. The standard InChI is InChI=1S/C30H30FN5O/c1-3-20(9-8-19(2)14-15-37)28-27(21-10-12-24(31)13-11-21)29(32)36-30(35-28)25(18-34-36)23-16-22-6-4-5-7-26(22)33-17-23/h4-7,10-13,15-20H,3,8-9,14,32H2,1-2H3. The van der Waals surface area contributed by atoms with Crippen LogP contribution in [0.25, 0.3) is 38.8 Å². The van der Waals surface area contributed by atoms with Gasteiger partial charge in [-0.15, -0.1) is 0 Å². The molecule has 0 aliphatic rings. The van der Waals surface area contributed by atoms with Gasteiger partial charge >= 0.3 is 0 Å². The van der Waals surface area contributed by atoms with Crippen molar-refractivity contribution in [1.82, 2.24) is 19.6 Å². The van der Waals surface area contributed by atoms with Crippen molar-refractivity contribution in [1.29, 1.82) is 0 Å². The first-order chi connectivity index (χ1) is 18.0. The van der Waals surface area contributed by atoms with Crippen LogP contribution in [0.4, 0.5) is 10.2 Å². The Bertz CT molecular complexity index is 1560. The third-order valence-corrected chi connectivity index (χ3v) is 7.13. The number of carbonyl (C=O) groups excluding carboxylic acids is 1. The van der Waals surface area contributed by atoms with E-state index in [1.54, 1.807) is 22.8 Å². The smallest absolute Gasteiger partial charge is 0.165 e. The Morgan fingerprint density at radius 2 is 1.84 bits per heavy atom. The second kappa shape index (κ2) is 10.5. The number of nitrogen functional groups attached to an aromatic ring is 1. The second-order valence-corrected chi connectivity index (χ2v) is 9.66. The lowest BCUT2D eigenvalue weighted by Crippen LogP contribution is -2.12. The summed E-state index contributed by atoms with van der Waals surface area (Å²) < 4.78 is 15.4. The summed E-state index contributed by atoms with van der Waals surface area (Å²) in [5.74, 6) is 0.554. The van der Waals surface area contributed by atoms with E-state index in [1.807, 2.05) is 30.5 Å². The van der Waals surface area contributed by atoms with Gasteiger partial charge in [0, 0.05) is 40.6 Å². The van der Waals surface area contributed by atoms with Crippen LogP contribution in [0.2, 0.25) is 0 Å². The van der Waals surface area contributed by atoms with Gasteiger partial charge in [-0.25, -0.2) is 9.37 Å². The lowest BCUT2D eigenvalue weighted by atomic mass is 9.87. The number of aldehydes is 1. The average Bonchev–Trinajstić information content (AvgIpc) is 3.34. The second-order valence-electron chi connectivity index (χ2n) is 9.66. The van der Waals surface area contributed by atoms with E-state index in [9.17, 15) is 9.18 Å². The topological polar surface area (TPSA) is 86.2 Å². The number of para-hydroxylation sites is 1. The highest BCUT2D eigenvalue weighted by Gasteiger charge is 2.24. The molecule has 37 heavy (non-hydrogen) atoms. The van der Waals surface area contributed by atoms with Crippen LogP contribution in [0.15, 0.2) is 67.0 Å². The molecule has 2 unspecified atom stereocenters. The summed E-state index contributed by atoms with van der Waals surface area (Å²) in [6.45, 7) is 4.23. The van der Waals surface area contributed by atoms with Crippen molar-refractivity contribution in [3.05, 3.63) is 78.5 Å². The summed E-state index contributed by atoms with van der Waals surface area (Å²) >= 11 is 0. The Kier molecular flexibility index (Phi) is 6.95. The van der Waals surface area contributed by atoms with Gasteiger partial charge < -0.3 is 10.5 Å². The van der Waals surface area contributed by atoms with Crippen molar-refractivity contribution in [3.8, 4) is 22.3 Å². The lowest BCUT2D eigenvalue weighted by Gasteiger charge is -2.22. The molecule has 5 rings (SSSR count). The molecule has 2 aromatic carbocycles. The van der Waals surface area contributed by atoms with Crippen LogP contribution in [0.1, 0.15) is 51.1 Å². The van der Waals surface area contributed by atoms with Gasteiger partial charge in [0.2, 0.25) is 0 Å². The van der Waals surface area contributed by atoms with Gasteiger partial charge in [0.15, 0.2) is 5.65 Å². The number of benzene rings is 2. The largest absolute Gasteiger partial charge is 0.383 e. The molecule has 0 radical (unpaired) electrons. The van der Waals surface area contributed by atoms with E-state index in [4.69, 9.17) is 10.7 Å². The molecule has 3 heterocycles. The number of hydrogen-bond acceptors (Lipinski definition) is 5. The van der Waals surface area contributed by atoms with Gasteiger partial charge in [-0.3, -0.25) is 4.98 Å². The SMILES string of the molecule is CCC(CCC(C)CC=O)c1nc2c(-c3cnc4ccccc4c3)cnn2c(N)c1-c1ccc(F)cc1. The minimum atomic E-state index is -0.308. The zero-order chi connectivity index (χ0) is 25.9. The van der Waals surface area contributed by atoms with Gasteiger partial charge in [-0.2, -0.15) is 9.61 Å². The molecule has 2 N–H and O–H groups in total. The van der Waals surface area contributed by atoms with Crippen molar-refractivity contribution in [3.63, 3.8) is 0 Å². The molecule has 6 nitrogen and oxygen atoms in total. The number of hydrogen-bond donors (Lipinski definition) is 1. The highest BCUT2D eigenvalue weighted by Crippen LogP contribution is 2.39. The molecule has 7 heteroatoms. The maximum absolute atomic E-state index is 13.8. The number of halogens is 1. The van der Waals surface area contributed by atoms with E-state index in [0.717, 1.165) is 64.4 Å². The third-order valence-electron chi connectivity index (χ3n) is 7.13. The molecule has 2 atom stereocenters. The minimum Gasteiger partial charge on any atom is -0.383 e. The number of nitrogens with zero attached hydrogens (tertiary/aromatic N) is 4. The number of anilines is 1. The first-order valence-corrected chi connectivity index (χ1v) is 12.7. The summed E-state index contributed by atoms with van der Waals surface area (Å²) in [5.41, 5.74) is 12.6. The summed E-state index contributed by atoms with van der Waals surface area (Å²) in [6.07, 6.45) is 7.74. The molecule has 3 aromatic heterocycles. The van der Waals surface area contributed by atoms with Crippen LogP contribution in [-0.4, -0.2) is 25.9 Å². The molecule has 0 amide bonds. The van der Waals surface area contributed by atoms with E-state index >= 15 is 0 Å². The van der Waals surface area contributed by atoms with E-state index in [1.165, 1.54) is 12.1 Å². The molecule has 0 spiro atoms. The van der Waals surface area contributed by atoms with Crippen LogP contribution in [0.5, 0.6) is 0 Å². The summed E-state index contributed by atoms with van der Waals surface area (Å²) in [7, 11) is 0. The van der Waals surface area contributed by atoms with E-state index in [0.29, 0.717) is 17.9 Å². The zero-order valence-electron chi connectivity index (χ0n) is 21.1. The Labute approximate surface area is 215 Å². The summed E-state index contributed by atoms with van der Waals surface area (Å²) in [4.78, 5) is 20.8. The van der Waals surface area contributed by atoms with Crippen LogP contribution in [-0.2, 0) is 4.79 Å². The molecule has 0 fully saturated rings. The third kappa shape index (κ3) is 4.81. The molecule has 0 saturated heterocycles. The molecular formula is C30H30FN5O. The molecule has 0 aliphatic heterocycles. The van der Waals surface area contributed by atoms with Crippen LogP contribution in [0, 0.1) is 11.7 Å². The van der Waals surface area contributed by atoms with Crippen molar-refractivity contribution in [2.45, 2.75) is 45.4 Å². The predicted octanol–water partition coefficient (Wildman–Crippen LogP) is 6.83. The fourth-order valence-electron chi connectivity index (χ4n) is 4.96.